The largest absolute Gasteiger partial charge is 0.465 e. The Bertz CT molecular complexity index is 1070. The maximum atomic E-state index is 12.9. The molecule has 2 aromatic carbocycles. The number of nitrogens with one attached hydrogen (secondary N) is 1. The Morgan fingerprint density at radius 1 is 1.04 bits per heavy atom. The van der Waals surface area contributed by atoms with Gasteiger partial charge in [0.1, 0.15) is 0 Å². The van der Waals surface area contributed by atoms with Crippen molar-refractivity contribution < 1.29 is 14.3 Å². The number of hydrogen-bond acceptors (Lipinski definition) is 4. The number of ketones is 1. The van der Waals surface area contributed by atoms with E-state index in [1.807, 2.05) is 24.3 Å². The van der Waals surface area contributed by atoms with Gasteiger partial charge < -0.3 is 13.9 Å². The van der Waals surface area contributed by atoms with Crippen LogP contribution in [-0.2, 0) is 17.8 Å². The molecule has 140 valence electrons. The third-order valence-electron chi connectivity index (χ3n) is 4.22. The number of benzene rings is 2. The van der Waals surface area contributed by atoms with Crippen molar-refractivity contribution in [3.63, 3.8) is 0 Å². The average molecular weight is 430 g/mol. The molecule has 0 radical (unpaired) electrons. The summed E-state index contributed by atoms with van der Waals surface area (Å²) in [6.45, 7) is 4.16. The smallest absolute Gasteiger partial charge is 0.338 e. The van der Waals surface area contributed by atoms with E-state index in [0.717, 1.165) is 11.0 Å². The van der Waals surface area contributed by atoms with Crippen molar-refractivity contribution in [2.45, 2.75) is 13.1 Å². The molecule has 0 aliphatic carbocycles. The lowest BCUT2D eigenvalue weighted by Gasteiger charge is -2.08. The number of nitrogens with zero attached hydrogens (tertiary/aromatic N) is 2. The van der Waals surface area contributed by atoms with Crippen LogP contribution in [0.3, 0.4) is 0 Å². The fourth-order valence-corrected chi connectivity index (χ4v) is 3.01. The fourth-order valence-electron chi connectivity index (χ4n) is 3.01. The number of Topliss-reactive ketones (excluding diaryl/α,β-unsaturated/α-hetero) is 1. The Hall–Kier alpha value is -2.93. The molecule has 6 nitrogen and oxygen atoms in total. The standard InChI is InChI=1S/C20H19N3O3.BrH/c1-3-12-22-16-10-6-7-11-17(16)23(20(22)21)13-18(24)14-8-4-5-9-15(14)19(25)26-2;/h3-11,21H,1,12-13H2,2H3;1H. The van der Waals surface area contributed by atoms with Gasteiger partial charge >= 0.3 is 5.97 Å². The SMILES string of the molecule is Br.C=CCn1c(=N)n(CC(=O)c2ccccc2C(=O)OC)c2ccccc21. The van der Waals surface area contributed by atoms with Gasteiger partial charge in [0.15, 0.2) is 5.78 Å². The minimum absolute atomic E-state index is 0. The van der Waals surface area contributed by atoms with Crippen molar-refractivity contribution in [2.75, 3.05) is 7.11 Å². The molecule has 0 saturated carbocycles. The summed E-state index contributed by atoms with van der Waals surface area (Å²) >= 11 is 0. The Balaban J connectivity index is 0.00000261. The fraction of sp³-hybridized carbons (Fsp3) is 0.150. The van der Waals surface area contributed by atoms with Crippen LogP contribution >= 0.6 is 17.0 Å². The highest BCUT2D eigenvalue weighted by Gasteiger charge is 2.19. The second kappa shape index (κ2) is 8.64. The number of hydrogen-bond donors (Lipinski definition) is 1. The molecule has 3 aromatic rings. The topological polar surface area (TPSA) is 77.1 Å². The number of esters is 1. The molecular weight excluding hydrogens is 410 g/mol. The van der Waals surface area contributed by atoms with Gasteiger partial charge in [-0.15, -0.1) is 23.6 Å². The number of ether oxygens (including phenoxy) is 1. The molecule has 0 saturated heterocycles. The van der Waals surface area contributed by atoms with E-state index in [1.165, 1.54) is 7.11 Å². The van der Waals surface area contributed by atoms with E-state index in [0.29, 0.717) is 6.54 Å². The maximum Gasteiger partial charge on any atom is 0.338 e. The number of aromatic nitrogens is 2. The highest BCUT2D eigenvalue weighted by atomic mass is 79.9. The quantitative estimate of drug-likeness (QED) is 0.370. The highest BCUT2D eigenvalue weighted by Crippen LogP contribution is 2.16. The first kappa shape index (κ1) is 20.4. The summed E-state index contributed by atoms with van der Waals surface area (Å²) in [5.41, 5.74) is 2.35. The van der Waals surface area contributed by atoms with Crippen LogP contribution in [0.5, 0.6) is 0 Å². The number of carbonyl (C=O) groups excluding carboxylic acids is 2. The molecule has 0 spiro atoms. The Morgan fingerprint density at radius 2 is 1.59 bits per heavy atom. The molecule has 7 heteroatoms. The lowest BCUT2D eigenvalue weighted by atomic mass is 10.0. The minimum atomic E-state index is -0.556. The predicted octanol–water partition coefficient (Wildman–Crippen LogP) is 3.36. The van der Waals surface area contributed by atoms with Crippen LogP contribution < -0.4 is 5.62 Å². The summed E-state index contributed by atoms with van der Waals surface area (Å²) in [5.74, 6) is -0.815. The van der Waals surface area contributed by atoms with Crippen LogP contribution in [0.4, 0.5) is 0 Å². The van der Waals surface area contributed by atoms with Gasteiger partial charge in [-0.05, 0) is 18.2 Å². The summed E-state index contributed by atoms with van der Waals surface area (Å²) in [5, 5.41) is 8.44. The summed E-state index contributed by atoms with van der Waals surface area (Å²) in [6, 6.07) is 14.1. The van der Waals surface area contributed by atoms with E-state index in [2.05, 4.69) is 6.58 Å². The van der Waals surface area contributed by atoms with Crippen LogP contribution in [0.25, 0.3) is 11.0 Å². The molecule has 0 bridgehead atoms. The Morgan fingerprint density at radius 3 is 2.19 bits per heavy atom. The third-order valence-corrected chi connectivity index (χ3v) is 4.22. The van der Waals surface area contributed by atoms with E-state index in [-0.39, 0.29) is 46.1 Å². The summed E-state index contributed by atoms with van der Waals surface area (Å²) in [7, 11) is 1.28. The normalized spacial score (nSPS) is 10.3. The van der Waals surface area contributed by atoms with Gasteiger partial charge in [0.05, 0.1) is 30.3 Å². The van der Waals surface area contributed by atoms with E-state index < -0.39 is 5.97 Å². The van der Waals surface area contributed by atoms with Gasteiger partial charge in [-0.3, -0.25) is 10.2 Å². The monoisotopic (exact) mass is 429 g/mol. The van der Waals surface area contributed by atoms with Gasteiger partial charge in [-0.25, -0.2) is 4.79 Å². The first-order valence-corrected chi connectivity index (χ1v) is 8.12. The molecule has 0 atom stereocenters. The molecule has 0 amide bonds. The summed E-state index contributed by atoms with van der Waals surface area (Å²) < 4.78 is 8.17. The van der Waals surface area contributed by atoms with E-state index in [9.17, 15) is 9.59 Å². The number of methoxy groups -OCH3 is 1. The molecule has 1 heterocycles. The molecule has 1 N–H and O–H groups in total. The number of fused-ring (bicyclic) bond motifs is 1. The summed E-state index contributed by atoms with van der Waals surface area (Å²) in [4.78, 5) is 24.8. The molecular formula is C20H20BrN3O3. The number of rotatable bonds is 6. The second-order valence-corrected chi connectivity index (χ2v) is 5.76. The number of imidazole rings is 1. The van der Waals surface area contributed by atoms with E-state index in [4.69, 9.17) is 10.1 Å². The molecule has 0 aliphatic rings. The molecule has 27 heavy (non-hydrogen) atoms. The number of para-hydroxylation sites is 2. The van der Waals surface area contributed by atoms with Crippen molar-refractivity contribution in [1.82, 2.24) is 9.13 Å². The van der Waals surface area contributed by atoms with Crippen molar-refractivity contribution in [1.29, 1.82) is 5.41 Å². The van der Waals surface area contributed by atoms with Crippen molar-refractivity contribution in [3.05, 3.63) is 77.9 Å². The first-order valence-electron chi connectivity index (χ1n) is 8.12. The van der Waals surface area contributed by atoms with Crippen LogP contribution in [0.1, 0.15) is 20.7 Å². The van der Waals surface area contributed by atoms with Crippen LogP contribution in [0.2, 0.25) is 0 Å². The van der Waals surface area contributed by atoms with Crippen LogP contribution in [-0.4, -0.2) is 28.0 Å². The third kappa shape index (κ3) is 3.78. The molecule has 3 rings (SSSR count). The Labute approximate surface area is 167 Å². The lowest BCUT2D eigenvalue weighted by Crippen LogP contribution is -2.27. The Kier molecular flexibility index (Phi) is 6.52. The number of carbonyl (C=O) groups is 2. The van der Waals surface area contributed by atoms with Gasteiger partial charge in [0.25, 0.3) is 0 Å². The van der Waals surface area contributed by atoms with Gasteiger partial charge in [0.2, 0.25) is 5.62 Å². The highest BCUT2D eigenvalue weighted by molar-refractivity contribution is 8.93. The molecule has 0 aliphatic heterocycles. The minimum Gasteiger partial charge on any atom is -0.465 e. The lowest BCUT2D eigenvalue weighted by molar-refractivity contribution is 0.0596. The zero-order chi connectivity index (χ0) is 18.7. The van der Waals surface area contributed by atoms with E-state index in [1.54, 1.807) is 39.5 Å². The zero-order valence-electron chi connectivity index (χ0n) is 14.8. The van der Waals surface area contributed by atoms with Crippen LogP contribution in [0, 0.1) is 5.41 Å². The van der Waals surface area contributed by atoms with Gasteiger partial charge in [-0.1, -0.05) is 36.4 Å². The predicted molar refractivity (Wildman–Crippen MR) is 108 cm³/mol. The number of halogens is 1. The summed E-state index contributed by atoms with van der Waals surface area (Å²) in [6.07, 6.45) is 1.71. The average Bonchev–Trinajstić information content (AvgIpc) is 2.93. The van der Waals surface area contributed by atoms with Crippen molar-refractivity contribution >= 4 is 39.8 Å². The number of allylic oxidation sites excluding steroid dienone is 1. The molecule has 0 fully saturated rings. The zero-order valence-corrected chi connectivity index (χ0v) is 16.6. The van der Waals surface area contributed by atoms with E-state index >= 15 is 0 Å². The first-order chi connectivity index (χ1) is 12.6. The van der Waals surface area contributed by atoms with Crippen molar-refractivity contribution in [3.8, 4) is 0 Å². The van der Waals surface area contributed by atoms with Crippen molar-refractivity contribution in [2.24, 2.45) is 0 Å². The molecule has 0 unspecified atom stereocenters. The molecule has 1 aromatic heterocycles. The van der Waals surface area contributed by atoms with Gasteiger partial charge in [-0.2, -0.15) is 0 Å². The second-order valence-electron chi connectivity index (χ2n) is 5.76. The maximum absolute atomic E-state index is 12.9. The van der Waals surface area contributed by atoms with Gasteiger partial charge in [0, 0.05) is 12.1 Å². The van der Waals surface area contributed by atoms with Crippen LogP contribution in [0.15, 0.2) is 61.2 Å².